The molecule has 0 saturated carbocycles. The number of nitrogens with one attached hydrogen (secondary N) is 1. The third-order valence-corrected chi connectivity index (χ3v) is 4.26. The number of halogens is 2. The first-order valence-electron chi connectivity index (χ1n) is 7.88. The van der Waals surface area contributed by atoms with Crippen LogP contribution in [0.5, 0.6) is 0 Å². The zero-order valence-electron chi connectivity index (χ0n) is 13.4. The van der Waals surface area contributed by atoms with Crippen LogP contribution in [-0.2, 0) is 13.1 Å². The van der Waals surface area contributed by atoms with Crippen molar-refractivity contribution in [3.63, 3.8) is 0 Å². The van der Waals surface area contributed by atoms with Crippen LogP contribution in [0.2, 0.25) is 0 Å². The molecule has 1 aliphatic heterocycles. The van der Waals surface area contributed by atoms with Crippen LogP contribution in [0.25, 0.3) is 0 Å². The number of aromatic nitrogens is 2. The maximum atomic E-state index is 12.9. The normalized spacial score (nSPS) is 18.6. The molecule has 1 atom stereocenters. The summed E-state index contributed by atoms with van der Waals surface area (Å²) in [5.41, 5.74) is 2.29. The van der Waals surface area contributed by atoms with Gasteiger partial charge < -0.3 is 5.32 Å². The van der Waals surface area contributed by atoms with Gasteiger partial charge in [-0.1, -0.05) is 12.1 Å². The van der Waals surface area contributed by atoms with Gasteiger partial charge in [0.1, 0.15) is 5.82 Å². The number of piperidine rings is 1. The van der Waals surface area contributed by atoms with E-state index in [9.17, 15) is 4.39 Å². The molecule has 2 heterocycles. The fourth-order valence-electron chi connectivity index (χ4n) is 3.04. The molecule has 23 heavy (non-hydrogen) atoms. The van der Waals surface area contributed by atoms with Crippen LogP contribution in [0.1, 0.15) is 24.0 Å². The highest BCUT2D eigenvalue weighted by Crippen LogP contribution is 2.13. The van der Waals surface area contributed by atoms with Crippen LogP contribution in [0.4, 0.5) is 4.39 Å². The Kier molecular flexibility index (Phi) is 6.57. The van der Waals surface area contributed by atoms with E-state index < -0.39 is 0 Å². The molecule has 1 fully saturated rings. The van der Waals surface area contributed by atoms with Crippen molar-refractivity contribution in [1.29, 1.82) is 0 Å². The van der Waals surface area contributed by atoms with E-state index in [2.05, 4.69) is 21.5 Å². The molecule has 1 aliphatic rings. The second-order valence-corrected chi connectivity index (χ2v) is 6.04. The van der Waals surface area contributed by atoms with Crippen LogP contribution in [0.3, 0.4) is 0 Å². The summed E-state index contributed by atoms with van der Waals surface area (Å²) in [4.78, 5) is 2.48. The number of hydrogen-bond donors (Lipinski definition) is 1. The monoisotopic (exact) mass is 338 g/mol. The summed E-state index contributed by atoms with van der Waals surface area (Å²) >= 11 is 0. The Morgan fingerprint density at radius 1 is 1.22 bits per heavy atom. The largest absolute Gasteiger partial charge is 0.316 e. The van der Waals surface area contributed by atoms with E-state index in [1.165, 1.54) is 30.5 Å². The molecule has 3 rings (SSSR count). The van der Waals surface area contributed by atoms with Crippen molar-refractivity contribution in [2.24, 2.45) is 0 Å². The van der Waals surface area contributed by atoms with Gasteiger partial charge in [-0.2, -0.15) is 5.10 Å². The number of nitrogens with zero attached hydrogens (tertiary/aromatic N) is 3. The van der Waals surface area contributed by atoms with Crippen LogP contribution in [0, 0.1) is 5.82 Å². The fraction of sp³-hybridized carbons (Fsp3) is 0.471. The van der Waals surface area contributed by atoms with Gasteiger partial charge in [-0.3, -0.25) is 9.58 Å². The first-order chi connectivity index (χ1) is 10.7. The number of benzene rings is 1. The average molecular weight is 339 g/mol. The van der Waals surface area contributed by atoms with Gasteiger partial charge in [0.05, 0.1) is 12.7 Å². The van der Waals surface area contributed by atoms with E-state index >= 15 is 0 Å². The van der Waals surface area contributed by atoms with Gasteiger partial charge >= 0.3 is 0 Å². The average Bonchev–Trinajstić information content (AvgIpc) is 2.97. The molecule has 0 amide bonds. The lowest BCUT2D eigenvalue weighted by molar-refractivity contribution is 0.188. The van der Waals surface area contributed by atoms with Crippen LogP contribution >= 0.6 is 12.4 Å². The smallest absolute Gasteiger partial charge is 0.123 e. The molecule has 0 aliphatic carbocycles. The lowest BCUT2D eigenvalue weighted by Crippen LogP contribution is -2.43. The SMILES string of the molecule is CNC1CCCN(Cc2cnn(Cc3ccc(F)cc3)c2)C1.Cl. The van der Waals surface area contributed by atoms with Crippen molar-refractivity contribution in [3.8, 4) is 0 Å². The lowest BCUT2D eigenvalue weighted by atomic mass is 10.1. The molecule has 0 radical (unpaired) electrons. The van der Waals surface area contributed by atoms with Crippen molar-refractivity contribution < 1.29 is 4.39 Å². The first-order valence-corrected chi connectivity index (χ1v) is 7.88. The highest BCUT2D eigenvalue weighted by atomic mass is 35.5. The summed E-state index contributed by atoms with van der Waals surface area (Å²) < 4.78 is 14.8. The Labute approximate surface area is 143 Å². The highest BCUT2D eigenvalue weighted by Gasteiger charge is 2.18. The summed E-state index contributed by atoms with van der Waals surface area (Å²) in [5, 5.41) is 7.79. The van der Waals surface area contributed by atoms with Gasteiger partial charge in [-0.25, -0.2) is 4.39 Å². The van der Waals surface area contributed by atoms with Crippen molar-refractivity contribution in [2.75, 3.05) is 20.1 Å². The maximum absolute atomic E-state index is 12.9. The van der Waals surface area contributed by atoms with Crippen LogP contribution < -0.4 is 5.32 Å². The third kappa shape index (κ3) is 5.03. The summed E-state index contributed by atoms with van der Waals surface area (Å²) in [6, 6.07) is 7.19. The predicted octanol–water partition coefficient (Wildman–Crippen LogP) is 2.68. The lowest BCUT2D eigenvalue weighted by Gasteiger charge is -2.32. The molecule has 1 aromatic heterocycles. The zero-order chi connectivity index (χ0) is 15.4. The molecule has 4 nitrogen and oxygen atoms in total. The third-order valence-electron chi connectivity index (χ3n) is 4.26. The van der Waals surface area contributed by atoms with Gasteiger partial charge in [0.15, 0.2) is 0 Å². The Bertz CT molecular complexity index is 599. The summed E-state index contributed by atoms with van der Waals surface area (Å²) in [6.07, 6.45) is 6.53. The minimum Gasteiger partial charge on any atom is -0.316 e. The molecular weight excluding hydrogens is 315 g/mol. The van der Waals surface area contributed by atoms with Gasteiger partial charge in [0.25, 0.3) is 0 Å². The number of hydrogen-bond acceptors (Lipinski definition) is 3. The molecule has 0 bridgehead atoms. The molecule has 1 unspecified atom stereocenters. The molecule has 1 saturated heterocycles. The summed E-state index contributed by atoms with van der Waals surface area (Å²) in [7, 11) is 2.04. The second-order valence-electron chi connectivity index (χ2n) is 6.04. The van der Waals surface area contributed by atoms with Gasteiger partial charge in [-0.15, -0.1) is 12.4 Å². The summed E-state index contributed by atoms with van der Waals surface area (Å²) in [5.74, 6) is -0.200. The Hall–Kier alpha value is -1.43. The van der Waals surface area contributed by atoms with E-state index in [1.54, 1.807) is 12.1 Å². The van der Waals surface area contributed by atoms with Crippen molar-refractivity contribution in [1.82, 2.24) is 20.0 Å². The first kappa shape index (κ1) is 17.9. The molecule has 0 spiro atoms. The van der Waals surface area contributed by atoms with Crippen molar-refractivity contribution in [2.45, 2.75) is 32.0 Å². The predicted molar refractivity (Wildman–Crippen MR) is 92.3 cm³/mol. The fourth-order valence-corrected chi connectivity index (χ4v) is 3.04. The minimum atomic E-state index is -0.200. The van der Waals surface area contributed by atoms with Gasteiger partial charge in [0.2, 0.25) is 0 Å². The van der Waals surface area contributed by atoms with E-state index in [0.717, 1.165) is 25.2 Å². The highest BCUT2D eigenvalue weighted by molar-refractivity contribution is 5.85. The van der Waals surface area contributed by atoms with Crippen LogP contribution in [0.15, 0.2) is 36.7 Å². The molecule has 2 aromatic rings. The topological polar surface area (TPSA) is 33.1 Å². The Morgan fingerprint density at radius 3 is 2.74 bits per heavy atom. The van der Waals surface area contributed by atoms with E-state index in [0.29, 0.717) is 12.6 Å². The maximum Gasteiger partial charge on any atom is 0.123 e. The van der Waals surface area contributed by atoms with Gasteiger partial charge in [-0.05, 0) is 44.1 Å². The molecule has 1 N–H and O–H groups in total. The standard InChI is InChI=1S/C17H23FN4.ClH/c1-19-17-3-2-8-21(13-17)10-15-9-20-22(12-15)11-14-4-6-16(18)7-5-14;/h4-7,9,12,17,19H,2-3,8,10-11,13H2,1H3;1H. The van der Waals surface area contributed by atoms with Crippen molar-refractivity contribution >= 4 is 12.4 Å². The summed E-state index contributed by atoms with van der Waals surface area (Å²) in [6.45, 7) is 3.88. The molecular formula is C17H24ClFN4. The van der Waals surface area contributed by atoms with Crippen molar-refractivity contribution in [3.05, 3.63) is 53.6 Å². The van der Waals surface area contributed by atoms with Crippen LogP contribution in [-0.4, -0.2) is 40.9 Å². The van der Waals surface area contributed by atoms with Gasteiger partial charge in [0, 0.05) is 30.9 Å². The zero-order valence-corrected chi connectivity index (χ0v) is 14.2. The number of likely N-dealkylation sites (N-methyl/N-ethyl adjacent to an activating group) is 1. The molecule has 126 valence electrons. The number of likely N-dealkylation sites (tertiary alicyclic amines) is 1. The minimum absolute atomic E-state index is 0. The van der Waals surface area contributed by atoms with E-state index in [4.69, 9.17) is 0 Å². The second kappa shape index (κ2) is 8.43. The molecule has 6 heteroatoms. The Balaban J connectivity index is 0.00000192. The van der Waals surface area contributed by atoms with E-state index in [1.807, 2.05) is 17.9 Å². The Morgan fingerprint density at radius 2 is 2.00 bits per heavy atom. The quantitative estimate of drug-likeness (QED) is 0.910. The molecule has 1 aromatic carbocycles. The number of rotatable bonds is 5. The van der Waals surface area contributed by atoms with E-state index in [-0.39, 0.29) is 18.2 Å².